The molecule has 10 nitrogen and oxygen atoms in total. The summed E-state index contributed by atoms with van der Waals surface area (Å²) in [6.45, 7) is 3.00. The molecule has 178 valence electrons. The molecule has 1 fully saturated rings. The average Bonchev–Trinajstić information content (AvgIpc) is 2.79. The number of ether oxygens (including phenoxy) is 1. The summed E-state index contributed by atoms with van der Waals surface area (Å²) in [4.78, 5) is 25.6. The van der Waals surface area contributed by atoms with Crippen molar-refractivity contribution >= 4 is 61.3 Å². The molecule has 1 saturated heterocycles. The fourth-order valence-corrected chi connectivity index (χ4v) is 3.66. The van der Waals surface area contributed by atoms with Gasteiger partial charge < -0.3 is 25.4 Å². The minimum absolute atomic E-state index is 0.0237. The van der Waals surface area contributed by atoms with Gasteiger partial charge in [-0.1, -0.05) is 0 Å². The molecular weight excluding hydrogens is 488 g/mol. The molecule has 1 aliphatic heterocycles. The Labute approximate surface area is 202 Å². The second kappa shape index (κ2) is 12.4. The molecule has 0 atom stereocenters. The molecule has 1 aliphatic rings. The lowest BCUT2D eigenvalue weighted by Gasteiger charge is -2.29. The monoisotopic (exact) mass is 512 g/mol. The van der Waals surface area contributed by atoms with Crippen LogP contribution in [0.2, 0.25) is 0 Å². The third-order valence-electron chi connectivity index (χ3n) is 4.50. The van der Waals surface area contributed by atoms with Crippen LogP contribution in [0.4, 0.5) is 17.1 Å². The molecule has 1 heterocycles. The van der Waals surface area contributed by atoms with E-state index in [9.17, 15) is 18.0 Å². The van der Waals surface area contributed by atoms with E-state index in [1.165, 1.54) is 18.2 Å². The molecule has 33 heavy (non-hydrogen) atoms. The Morgan fingerprint density at radius 2 is 1.76 bits per heavy atom. The van der Waals surface area contributed by atoms with Gasteiger partial charge in [0.2, 0.25) is 10.0 Å². The van der Waals surface area contributed by atoms with E-state index in [2.05, 4.69) is 42.6 Å². The van der Waals surface area contributed by atoms with Crippen LogP contribution in [-0.4, -0.2) is 64.4 Å². The predicted octanol–water partition coefficient (Wildman–Crippen LogP) is 1.18. The van der Waals surface area contributed by atoms with Gasteiger partial charge in [-0.2, -0.15) is 0 Å². The van der Waals surface area contributed by atoms with Crippen LogP contribution in [0.5, 0.6) is 5.75 Å². The summed E-state index contributed by atoms with van der Waals surface area (Å²) in [6, 6.07) is 11.5. The van der Waals surface area contributed by atoms with Gasteiger partial charge in [-0.15, -0.1) is 0 Å². The van der Waals surface area contributed by atoms with Crippen LogP contribution in [0.25, 0.3) is 0 Å². The predicted molar refractivity (Wildman–Crippen MR) is 132 cm³/mol. The van der Waals surface area contributed by atoms with Gasteiger partial charge in [0.25, 0.3) is 5.91 Å². The molecule has 2 aromatic rings. The lowest BCUT2D eigenvalue weighted by Crippen LogP contribution is -2.43. The van der Waals surface area contributed by atoms with Crippen LogP contribution in [0, 0.1) is 0 Å². The number of benzene rings is 2. The van der Waals surface area contributed by atoms with Crippen molar-refractivity contribution in [2.75, 3.05) is 54.0 Å². The average molecular weight is 513 g/mol. The van der Waals surface area contributed by atoms with Gasteiger partial charge >= 0.3 is 5.97 Å². The second-order valence-corrected chi connectivity index (χ2v) is 8.75. The van der Waals surface area contributed by atoms with Gasteiger partial charge in [0.15, 0.2) is 6.61 Å². The number of carboxylic acid groups (broad SMARTS) is 1. The van der Waals surface area contributed by atoms with Crippen molar-refractivity contribution in [3.05, 3.63) is 48.0 Å². The summed E-state index contributed by atoms with van der Waals surface area (Å²) in [5.74, 6) is -1.53. The number of carboxylic acids is 1. The summed E-state index contributed by atoms with van der Waals surface area (Å²) in [6.07, 6.45) is 0.958. The summed E-state index contributed by atoms with van der Waals surface area (Å²) < 4.78 is 30.6. The third-order valence-corrected chi connectivity index (χ3v) is 5.09. The summed E-state index contributed by atoms with van der Waals surface area (Å²) in [7, 11) is -3.65. The van der Waals surface area contributed by atoms with E-state index in [-0.39, 0.29) is 17.3 Å². The van der Waals surface area contributed by atoms with Crippen LogP contribution in [-0.2, 0) is 37.2 Å². The molecule has 0 spiro atoms. The zero-order valence-electron chi connectivity index (χ0n) is 17.7. The van der Waals surface area contributed by atoms with Crippen molar-refractivity contribution < 1.29 is 27.9 Å². The molecule has 0 aliphatic carbocycles. The zero-order chi connectivity index (χ0) is 24.4. The lowest BCUT2D eigenvalue weighted by atomic mass is 10.1. The van der Waals surface area contributed by atoms with Crippen LogP contribution >= 0.6 is 0 Å². The summed E-state index contributed by atoms with van der Waals surface area (Å²) in [5.41, 5.74) is 1.83. The Bertz CT molecular complexity index is 1070. The van der Waals surface area contributed by atoms with Gasteiger partial charge in [0.1, 0.15) is 5.75 Å². The number of amides is 1. The second-order valence-electron chi connectivity index (χ2n) is 7.01. The first kappa shape index (κ1) is 26.4. The summed E-state index contributed by atoms with van der Waals surface area (Å²) >= 11 is 7.33. The number of nitrogens with one attached hydrogen (secondary N) is 3. The van der Waals surface area contributed by atoms with E-state index in [1.807, 2.05) is 12.1 Å². The van der Waals surface area contributed by atoms with Crippen LogP contribution < -0.4 is 25.0 Å². The number of carbonyl (C=O) groups excluding carboxylic acids is 1. The molecular formula is C20H24N4O6S3. The molecule has 0 radical (unpaired) electrons. The van der Waals surface area contributed by atoms with Crippen molar-refractivity contribution in [3.8, 4) is 5.75 Å². The van der Waals surface area contributed by atoms with Gasteiger partial charge in [-0.05, 0) is 42.5 Å². The van der Waals surface area contributed by atoms with E-state index < -0.39 is 22.6 Å². The first-order chi connectivity index (χ1) is 15.7. The largest absolute Gasteiger partial charge is 0.480 e. The topological polar surface area (TPSA) is 137 Å². The van der Waals surface area contributed by atoms with Gasteiger partial charge in [0.05, 0.1) is 11.9 Å². The van der Waals surface area contributed by atoms with Crippen molar-refractivity contribution in [1.82, 2.24) is 5.32 Å². The minimum Gasteiger partial charge on any atom is -0.480 e. The number of hydrogen-bond donors (Lipinski definition) is 4. The molecule has 4 N–H and O–H groups in total. The number of sulfonamides is 1. The standard InChI is InChI=1S/C20H24N4O6S.S2/c1-31(28,29)23-17-12-15(4-7-18(17)30-13-19(25)26)22-20(27)14-2-5-16(6-3-14)24-10-8-21-9-11-24;1-2/h2-7,12,21,23H,8-11,13H2,1H3,(H,22,27)(H,25,26);. The number of piperazine rings is 1. The molecule has 0 saturated carbocycles. The quantitative estimate of drug-likeness (QED) is 0.408. The first-order valence-electron chi connectivity index (χ1n) is 9.71. The van der Waals surface area contributed by atoms with Crippen molar-refractivity contribution in [2.24, 2.45) is 0 Å². The first-order valence-corrected chi connectivity index (χ1v) is 12.9. The Morgan fingerprint density at radius 3 is 2.33 bits per heavy atom. The molecule has 2 aromatic carbocycles. The molecule has 0 unspecified atom stereocenters. The molecule has 0 bridgehead atoms. The Morgan fingerprint density at radius 1 is 1.12 bits per heavy atom. The summed E-state index contributed by atoms with van der Waals surface area (Å²) in [5, 5.41) is 14.8. The highest BCUT2D eigenvalue weighted by atomic mass is 32.8. The van der Waals surface area contributed by atoms with Crippen LogP contribution in [0.1, 0.15) is 10.4 Å². The highest BCUT2D eigenvalue weighted by molar-refractivity contribution is 8.07. The Kier molecular flexibility index (Phi) is 9.91. The van der Waals surface area contributed by atoms with E-state index in [4.69, 9.17) is 9.84 Å². The number of hydrogen-bond acceptors (Lipinski definition) is 9. The normalized spacial score (nSPS) is 13.3. The molecule has 3 rings (SSSR count). The van der Waals surface area contributed by atoms with Crippen molar-refractivity contribution in [2.45, 2.75) is 0 Å². The maximum atomic E-state index is 12.6. The zero-order valence-corrected chi connectivity index (χ0v) is 20.2. The maximum Gasteiger partial charge on any atom is 0.341 e. The Balaban J connectivity index is 0.00000187. The van der Waals surface area contributed by atoms with E-state index in [0.717, 1.165) is 38.1 Å². The smallest absolute Gasteiger partial charge is 0.341 e. The highest BCUT2D eigenvalue weighted by Gasteiger charge is 2.14. The molecule has 1 amide bonds. The highest BCUT2D eigenvalue weighted by Crippen LogP contribution is 2.29. The van der Waals surface area contributed by atoms with E-state index in [0.29, 0.717) is 11.3 Å². The molecule has 0 aromatic heterocycles. The van der Waals surface area contributed by atoms with Gasteiger partial charge in [-0.3, -0.25) is 9.52 Å². The van der Waals surface area contributed by atoms with Crippen molar-refractivity contribution in [1.29, 1.82) is 0 Å². The number of nitrogens with zero attached hydrogens (tertiary/aromatic N) is 1. The fraction of sp³-hybridized carbons (Fsp3) is 0.300. The SMILES string of the molecule is CS(=O)(=O)Nc1cc(NC(=O)c2ccc(N3CCNCC3)cc2)ccc1OCC(=O)O.S=S. The maximum absolute atomic E-state index is 12.6. The molecule has 13 heteroatoms. The lowest BCUT2D eigenvalue weighted by molar-refractivity contribution is -0.139. The number of rotatable bonds is 8. The third kappa shape index (κ3) is 8.53. The number of aliphatic carboxylic acids is 1. The van der Waals surface area contributed by atoms with Crippen LogP contribution in [0.15, 0.2) is 42.5 Å². The number of carbonyl (C=O) groups is 2. The van der Waals surface area contributed by atoms with E-state index >= 15 is 0 Å². The minimum atomic E-state index is -3.65. The number of anilines is 3. The fourth-order valence-electron chi connectivity index (χ4n) is 3.10. The van der Waals surface area contributed by atoms with Crippen LogP contribution in [0.3, 0.4) is 0 Å². The van der Waals surface area contributed by atoms with E-state index in [1.54, 1.807) is 12.1 Å². The van der Waals surface area contributed by atoms with Gasteiger partial charge in [-0.25, -0.2) is 13.2 Å². The van der Waals surface area contributed by atoms with Gasteiger partial charge in [0, 0.05) is 65.5 Å². The van der Waals surface area contributed by atoms with Crippen molar-refractivity contribution in [3.63, 3.8) is 0 Å². The Hall–Kier alpha value is -2.87.